The van der Waals surface area contributed by atoms with Crippen LogP contribution in [0.4, 0.5) is 0 Å². The van der Waals surface area contributed by atoms with Crippen molar-refractivity contribution < 1.29 is 0 Å². The average molecular weight is 166 g/mol. The fourth-order valence-electron chi connectivity index (χ4n) is 0.917. The first-order valence-electron chi connectivity index (χ1n) is 3.43. The van der Waals surface area contributed by atoms with Gasteiger partial charge in [-0.25, -0.2) is 5.10 Å². The van der Waals surface area contributed by atoms with Crippen molar-refractivity contribution in [3.8, 4) is 0 Å². The number of nitrogens with zero attached hydrogens (tertiary/aromatic N) is 2. The van der Waals surface area contributed by atoms with Gasteiger partial charge < -0.3 is 5.73 Å². The van der Waals surface area contributed by atoms with Gasteiger partial charge in [0.05, 0.1) is 11.8 Å². The molecule has 0 aliphatic heterocycles. The van der Waals surface area contributed by atoms with Crippen LogP contribution in [0.15, 0.2) is 16.0 Å². The van der Waals surface area contributed by atoms with Crippen LogP contribution in [0.1, 0.15) is 11.1 Å². The van der Waals surface area contributed by atoms with Gasteiger partial charge in [0.2, 0.25) is 0 Å². The minimum Gasteiger partial charge on any atom is -0.383 e. The first-order valence-corrected chi connectivity index (χ1v) is 3.43. The van der Waals surface area contributed by atoms with Crippen molar-refractivity contribution in [2.24, 2.45) is 10.7 Å². The van der Waals surface area contributed by atoms with Gasteiger partial charge in [-0.2, -0.15) is 5.10 Å². The second-order valence-electron chi connectivity index (χ2n) is 2.37. The minimum absolute atomic E-state index is 0.233. The smallest absolute Gasteiger partial charge is 0.275 e. The summed E-state index contributed by atoms with van der Waals surface area (Å²) in [6, 6.07) is 0. The third kappa shape index (κ3) is 1.34. The molecule has 0 aliphatic rings. The highest BCUT2D eigenvalue weighted by molar-refractivity contribution is 5.98. The van der Waals surface area contributed by atoms with E-state index in [1.165, 1.54) is 13.2 Å². The fourth-order valence-corrected chi connectivity index (χ4v) is 0.917. The Labute approximate surface area is 69.3 Å². The van der Waals surface area contributed by atoms with Crippen molar-refractivity contribution in [2.45, 2.75) is 6.92 Å². The summed E-state index contributed by atoms with van der Waals surface area (Å²) in [4.78, 5) is 14.9. The third-order valence-corrected chi connectivity index (χ3v) is 1.54. The standard InChI is InChI=1S/C7H10N4O/c1-4-3-10-11-7(12)5(4)6(8)9-2/h3H,1-2H3,(H2,8,9)(H,11,12). The molecule has 0 atom stereocenters. The number of amidine groups is 1. The molecule has 0 saturated heterocycles. The summed E-state index contributed by atoms with van der Waals surface area (Å²) in [5.74, 6) is 0.233. The number of hydrogen-bond acceptors (Lipinski definition) is 3. The van der Waals surface area contributed by atoms with Crippen molar-refractivity contribution in [1.82, 2.24) is 10.2 Å². The molecule has 5 heteroatoms. The summed E-state index contributed by atoms with van der Waals surface area (Å²) in [6.45, 7) is 1.76. The van der Waals surface area contributed by atoms with Gasteiger partial charge in [-0.3, -0.25) is 9.79 Å². The Kier molecular flexibility index (Phi) is 2.23. The molecule has 0 amide bonds. The van der Waals surface area contributed by atoms with Crippen LogP contribution in [-0.2, 0) is 0 Å². The molecule has 1 aromatic rings. The van der Waals surface area contributed by atoms with Crippen LogP contribution in [0, 0.1) is 6.92 Å². The van der Waals surface area contributed by atoms with E-state index in [4.69, 9.17) is 5.73 Å². The van der Waals surface area contributed by atoms with Gasteiger partial charge in [0.25, 0.3) is 5.56 Å². The second-order valence-corrected chi connectivity index (χ2v) is 2.37. The monoisotopic (exact) mass is 166 g/mol. The predicted molar refractivity (Wildman–Crippen MR) is 46.2 cm³/mol. The molecular weight excluding hydrogens is 156 g/mol. The van der Waals surface area contributed by atoms with Crippen LogP contribution in [0.5, 0.6) is 0 Å². The van der Waals surface area contributed by atoms with Crippen LogP contribution < -0.4 is 11.3 Å². The number of nitrogens with one attached hydrogen (secondary N) is 1. The van der Waals surface area contributed by atoms with Crippen LogP contribution >= 0.6 is 0 Å². The van der Waals surface area contributed by atoms with Gasteiger partial charge in [-0.15, -0.1) is 0 Å². The zero-order valence-corrected chi connectivity index (χ0v) is 6.96. The van der Waals surface area contributed by atoms with Crippen molar-refractivity contribution in [2.75, 3.05) is 7.05 Å². The van der Waals surface area contributed by atoms with Crippen molar-refractivity contribution in [1.29, 1.82) is 0 Å². The summed E-state index contributed by atoms with van der Waals surface area (Å²) in [5, 5.41) is 5.90. The van der Waals surface area contributed by atoms with E-state index in [2.05, 4.69) is 15.2 Å². The Bertz CT molecular complexity index is 366. The summed E-state index contributed by atoms with van der Waals surface area (Å²) < 4.78 is 0. The molecule has 3 N–H and O–H groups in total. The maximum Gasteiger partial charge on any atom is 0.275 e. The highest BCUT2D eigenvalue weighted by atomic mass is 16.1. The Balaban J connectivity index is 3.42. The highest BCUT2D eigenvalue weighted by Gasteiger charge is 2.06. The summed E-state index contributed by atoms with van der Waals surface area (Å²) >= 11 is 0. The molecule has 0 aliphatic carbocycles. The first-order chi connectivity index (χ1) is 5.66. The van der Waals surface area contributed by atoms with Crippen molar-refractivity contribution in [3.05, 3.63) is 27.7 Å². The second kappa shape index (κ2) is 3.17. The third-order valence-electron chi connectivity index (χ3n) is 1.54. The number of H-pyrrole nitrogens is 1. The number of rotatable bonds is 1. The van der Waals surface area contributed by atoms with E-state index in [-0.39, 0.29) is 11.4 Å². The molecular formula is C7H10N4O. The number of aromatic amines is 1. The number of aliphatic imine (C=N–C) groups is 1. The number of aryl methyl sites for hydroxylation is 1. The fraction of sp³-hybridized carbons (Fsp3) is 0.286. The first kappa shape index (κ1) is 8.45. The predicted octanol–water partition coefficient (Wildman–Crippen LogP) is -0.587. The minimum atomic E-state index is -0.307. The number of aromatic nitrogens is 2. The lowest BCUT2D eigenvalue weighted by Gasteiger charge is -2.00. The topological polar surface area (TPSA) is 84.1 Å². The van der Waals surface area contributed by atoms with E-state index < -0.39 is 0 Å². The number of hydrogen-bond donors (Lipinski definition) is 2. The van der Waals surface area contributed by atoms with Gasteiger partial charge in [-0.1, -0.05) is 0 Å². The van der Waals surface area contributed by atoms with Crippen molar-refractivity contribution >= 4 is 5.84 Å². The Morgan fingerprint density at radius 1 is 1.75 bits per heavy atom. The van der Waals surface area contributed by atoms with Gasteiger partial charge in [0.15, 0.2) is 0 Å². The lowest BCUT2D eigenvalue weighted by atomic mass is 10.2. The quantitative estimate of drug-likeness (QED) is 0.432. The van der Waals surface area contributed by atoms with Gasteiger partial charge in [-0.05, 0) is 12.5 Å². The van der Waals surface area contributed by atoms with Gasteiger partial charge in [0, 0.05) is 7.05 Å². The van der Waals surface area contributed by atoms with E-state index in [1.807, 2.05) is 0 Å². The maximum absolute atomic E-state index is 11.2. The highest BCUT2D eigenvalue weighted by Crippen LogP contribution is 1.96. The molecule has 0 fully saturated rings. The summed E-state index contributed by atoms with van der Waals surface area (Å²) in [6.07, 6.45) is 1.54. The molecule has 1 rings (SSSR count). The van der Waals surface area contributed by atoms with E-state index in [0.29, 0.717) is 5.56 Å². The largest absolute Gasteiger partial charge is 0.383 e. The lowest BCUT2D eigenvalue weighted by molar-refractivity contribution is 0.966. The molecule has 64 valence electrons. The summed E-state index contributed by atoms with van der Waals surface area (Å²) in [7, 11) is 1.54. The Morgan fingerprint density at radius 3 is 2.92 bits per heavy atom. The molecule has 0 saturated carbocycles. The zero-order chi connectivity index (χ0) is 9.14. The van der Waals surface area contributed by atoms with Gasteiger partial charge in [0.1, 0.15) is 5.84 Å². The Hall–Kier alpha value is -1.65. The van der Waals surface area contributed by atoms with Crippen LogP contribution in [0.3, 0.4) is 0 Å². The maximum atomic E-state index is 11.2. The molecule has 1 heterocycles. The molecule has 0 bridgehead atoms. The average Bonchev–Trinajstić information content (AvgIpc) is 2.03. The molecule has 0 spiro atoms. The Morgan fingerprint density at radius 2 is 2.42 bits per heavy atom. The molecule has 0 unspecified atom stereocenters. The van der Waals surface area contributed by atoms with Crippen LogP contribution in [-0.4, -0.2) is 23.1 Å². The summed E-state index contributed by atoms with van der Waals surface area (Å²) in [5.41, 5.74) is 6.31. The van der Waals surface area contributed by atoms with Crippen LogP contribution in [0.25, 0.3) is 0 Å². The van der Waals surface area contributed by atoms with E-state index in [9.17, 15) is 4.79 Å². The molecule has 12 heavy (non-hydrogen) atoms. The number of nitrogens with two attached hydrogens (primary N) is 1. The molecule has 1 aromatic heterocycles. The lowest BCUT2D eigenvalue weighted by Crippen LogP contribution is -2.26. The van der Waals surface area contributed by atoms with Crippen molar-refractivity contribution in [3.63, 3.8) is 0 Å². The zero-order valence-electron chi connectivity index (χ0n) is 6.96. The normalized spacial score (nSPS) is 11.7. The van der Waals surface area contributed by atoms with Crippen LogP contribution in [0.2, 0.25) is 0 Å². The molecule has 0 aromatic carbocycles. The van der Waals surface area contributed by atoms with Gasteiger partial charge >= 0.3 is 0 Å². The SMILES string of the molecule is CN=C(N)c1c(C)cn[nH]c1=O. The molecule has 5 nitrogen and oxygen atoms in total. The van der Waals surface area contributed by atoms with E-state index in [1.54, 1.807) is 6.92 Å². The van der Waals surface area contributed by atoms with E-state index in [0.717, 1.165) is 5.56 Å². The molecule has 0 radical (unpaired) electrons. The van der Waals surface area contributed by atoms with E-state index >= 15 is 0 Å².